The highest BCUT2D eigenvalue weighted by atomic mass is 16.5. The Kier molecular flexibility index (Phi) is 4.82. The van der Waals surface area contributed by atoms with Gasteiger partial charge in [-0.3, -0.25) is 4.90 Å². The van der Waals surface area contributed by atoms with Crippen LogP contribution in [0.25, 0.3) is 0 Å². The minimum atomic E-state index is 0.658. The Labute approximate surface area is 147 Å². The van der Waals surface area contributed by atoms with Crippen molar-refractivity contribution in [3.63, 3.8) is 0 Å². The van der Waals surface area contributed by atoms with E-state index in [-0.39, 0.29) is 0 Å². The van der Waals surface area contributed by atoms with Crippen LogP contribution in [0.1, 0.15) is 44.1 Å². The first-order valence-electron chi connectivity index (χ1n) is 9.82. The first-order chi connectivity index (χ1) is 11.7. The lowest BCUT2D eigenvalue weighted by atomic mass is 9.71. The van der Waals surface area contributed by atoms with Gasteiger partial charge in [-0.2, -0.15) is 0 Å². The van der Waals surface area contributed by atoms with Gasteiger partial charge in [0.15, 0.2) is 0 Å². The van der Waals surface area contributed by atoms with E-state index in [4.69, 9.17) is 4.74 Å². The Morgan fingerprint density at radius 3 is 2.29 bits per heavy atom. The third-order valence-corrected chi connectivity index (χ3v) is 6.59. The Hall–Kier alpha value is -1.06. The van der Waals surface area contributed by atoms with Crippen molar-refractivity contribution in [1.29, 1.82) is 0 Å². The lowest BCUT2D eigenvalue weighted by molar-refractivity contribution is 0.0311. The molecule has 3 aliphatic rings. The summed E-state index contributed by atoms with van der Waals surface area (Å²) in [5.41, 5.74) is 2.04. The Balaban J connectivity index is 1.25. The van der Waals surface area contributed by atoms with Gasteiger partial charge in [0.1, 0.15) is 5.75 Å². The highest BCUT2D eigenvalue weighted by Gasteiger charge is 2.38. The molecule has 0 aromatic heterocycles. The summed E-state index contributed by atoms with van der Waals surface area (Å²) in [5.74, 6) is 2.02. The third-order valence-electron chi connectivity index (χ3n) is 6.59. The summed E-state index contributed by atoms with van der Waals surface area (Å²) in [6.45, 7) is 7.69. The molecule has 0 unspecified atom stereocenters. The molecule has 4 rings (SSSR count). The fourth-order valence-corrected chi connectivity index (χ4v) is 4.59. The number of hydrogen-bond acceptors (Lipinski definition) is 3. The molecule has 1 spiro atoms. The largest absolute Gasteiger partial charge is 0.497 e. The van der Waals surface area contributed by atoms with Crippen LogP contribution in [0.15, 0.2) is 24.3 Å². The number of hydrogen-bond donors (Lipinski definition) is 0. The van der Waals surface area contributed by atoms with Crippen molar-refractivity contribution >= 4 is 0 Å². The van der Waals surface area contributed by atoms with Crippen LogP contribution in [-0.2, 0) is 6.54 Å². The predicted molar refractivity (Wildman–Crippen MR) is 98.3 cm³/mol. The molecule has 2 saturated heterocycles. The molecule has 0 N–H and O–H groups in total. The fraction of sp³-hybridized carbons (Fsp3) is 0.714. The number of methoxy groups -OCH3 is 1. The molecule has 3 fully saturated rings. The van der Waals surface area contributed by atoms with Crippen molar-refractivity contribution in [3.05, 3.63) is 29.8 Å². The molecule has 3 nitrogen and oxygen atoms in total. The van der Waals surface area contributed by atoms with Crippen LogP contribution in [-0.4, -0.2) is 49.6 Å². The second-order valence-corrected chi connectivity index (χ2v) is 8.37. The molecule has 3 heteroatoms. The van der Waals surface area contributed by atoms with Crippen molar-refractivity contribution in [2.75, 3.05) is 39.8 Å². The van der Waals surface area contributed by atoms with E-state index >= 15 is 0 Å². The highest BCUT2D eigenvalue weighted by Crippen LogP contribution is 2.42. The van der Waals surface area contributed by atoms with Crippen molar-refractivity contribution in [3.8, 4) is 5.75 Å². The molecule has 1 saturated carbocycles. The fourth-order valence-electron chi connectivity index (χ4n) is 4.59. The molecular weight excluding hydrogens is 296 g/mol. The maximum atomic E-state index is 5.35. The molecular formula is C21H32N2O. The van der Waals surface area contributed by atoms with E-state index < -0.39 is 0 Å². The van der Waals surface area contributed by atoms with E-state index in [1.54, 1.807) is 7.11 Å². The Morgan fingerprint density at radius 2 is 1.67 bits per heavy atom. The van der Waals surface area contributed by atoms with Gasteiger partial charge in [0.25, 0.3) is 0 Å². The summed E-state index contributed by atoms with van der Waals surface area (Å²) < 4.78 is 5.35. The van der Waals surface area contributed by atoms with Gasteiger partial charge in [0.05, 0.1) is 7.11 Å². The summed E-state index contributed by atoms with van der Waals surface area (Å²) in [6, 6.07) is 8.54. The summed E-state index contributed by atoms with van der Waals surface area (Å²) in [4.78, 5) is 5.38. The molecule has 0 bridgehead atoms. The smallest absolute Gasteiger partial charge is 0.119 e. The molecule has 2 heterocycles. The van der Waals surface area contributed by atoms with E-state index in [1.807, 2.05) is 6.07 Å². The normalized spacial score (nSPS) is 25.0. The monoisotopic (exact) mass is 328 g/mol. The van der Waals surface area contributed by atoms with Gasteiger partial charge in [-0.1, -0.05) is 12.1 Å². The first-order valence-corrected chi connectivity index (χ1v) is 9.82. The van der Waals surface area contributed by atoms with E-state index in [0.717, 1.165) is 18.2 Å². The van der Waals surface area contributed by atoms with Crippen molar-refractivity contribution in [2.45, 2.75) is 45.1 Å². The van der Waals surface area contributed by atoms with E-state index in [1.165, 1.54) is 76.8 Å². The zero-order valence-corrected chi connectivity index (χ0v) is 15.2. The average molecular weight is 329 g/mol. The van der Waals surface area contributed by atoms with Gasteiger partial charge in [0.2, 0.25) is 0 Å². The van der Waals surface area contributed by atoms with Crippen molar-refractivity contribution in [2.24, 2.45) is 11.3 Å². The maximum Gasteiger partial charge on any atom is 0.119 e. The van der Waals surface area contributed by atoms with Gasteiger partial charge in [-0.25, -0.2) is 0 Å². The Bertz CT molecular complexity index is 537. The van der Waals surface area contributed by atoms with Crippen LogP contribution in [0.5, 0.6) is 5.75 Å². The van der Waals surface area contributed by atoms with Gasteiger partial charge in [0, 0.05) is 13.1 Å². The van der Waals surface area contributed by atoms with Crippen LogP contribution < -0.4 is 4.74 Å². The lowest BCUT2D eigenvalue weighted by Crippen LogP contribution is -2.46. The van der Waals surface area contributed by atoms with Gasteiger partial charge < -0.3 is 9.64 Å². The van der Waals surface area contributed by atoms with Crippen LogP contribution in [0.3, 0.4) is 0 Å². The third kappa shape index (κ3) is 3.94. The molecule has 1 aliphatic carbocycles. The minimum Gasteiger partial charge on any atom is -0.497 e. The molecule has 1 aromatic rings. The number of likely N-dealkylation sites (tertiary alicyclic amines) is 2. The molecule has 132 valence electrons. The van der Waals surface area contributed by atoms with Crippen molar-refractivity contribution < 1.29 is 4.74 Å². The maximum absolute atomic E-state index is 5.35. The Morgan fingerprint density at radius 1 is 1.00 bits per heavy atom. The zero-order chi connectivity index (χ0) is 16.4. The van der Waals surface area contributed by atoms with E-state index in [0.29, 0.717) is 5.41 Å². The lowest BCUT2D eigenvalue weighted by Gasteiger charge is -2.47. The van der Waals surface area contributed by atoms with Crippen LogP contribution in [0, 0.1) is 11.3 Å². The summed E-state index contributed by atoms with van der Waals surface area (Å²) >= 11 is 0. The number of piperidine rings is 2. The SMILES string of the molecule is COc1cccc(CN2CCC3(CC2)CCN(CC2CC2)CC3)c1. The molecule has 0 amide bonds. The molecule has 2 aliphatic heterocycles. The van der Waals surface area contributed by atoms with Gasteiger partial charge >= 0.3 is 0 Å². The quantitative estimate of drug-likeness (QED) is 0.818. The molecule has 0 radical (unpaired) electrons. The zero-order valence-electron chi connectivity index (χ0n) is 15.2. The topological polar surface area (TPSA) is 15.7 Å². The second-order valence-electron chi connectivity index (χ2n) is 8.37. The van der Waals surface area contributed by atoms with Crippen molar-refractivity contribution in [1.82, 2.24) is 9.80 Å². The van der Waals surface area contributed by atoms with Gasteiger partial charge in [-0.15, -0.1) is 0 Å². The molecule has 24 heavy (non-hydrogen) atoms. The standard InChI is InChI=1S/C21H32N2O/c1-24-20-4-2-3-19(15-20)17-23-13-9-21(10-14-23)7-11-22(12-8-21)16-18-5-6-18/h2-4,15,18H,5-14,16-17H2,1H3. The number of ether oxygens (including phenoxy) is 1. The highest BCUT2D eigenvalue weighted by molar-refractivity contribution is 5.28. The van der Waals surface area contributed by atoms with E-state index in [9.17, 15) is 0 Å². The summed E-state index contributed by atoms with van der Waals surface area (Å²) in [7, 11) is 1.75. The molecule has 1 aromatic carbocycles. The predicted octanol–water partition coefficient (Wildman–Crippen LogP) is 3.78. The minimum absolute atomic E-state index is 0.658. The molecule has 0 atom stereocenters. The number of rotatable bonds is 5. The van der Waals surface area contributed by atoms with Crippen LogP contribution in [0.2, 0.25) is 0 Å². The number of benzene rings is 1. The average Bonchev–Trinajstić information content (AvgIpc) is 3.44. The second kappa shape index (κ2) is 7.05. The van der Waals surface area contributed by atoms with Crippen LogP contribution >= 0.6 is 0 Å². The summed E-state index contributed by atoms with van der Waals surface area (Å²) in [5, 5.41) is 0. The van der Waals surface area contributed by atoms with E-state index in [2.05, 4.69) is 28.0 Å². The summed E-state index contributed by atoms with van der Waals surface area (Å²) in [6.07, 6.45) is 8.64. The number of nitrogens with zero attached hydrogens (tertiary/aromatic N) is 2. The van der Waals surface area contributed by atoms with Gasteiger partial charge in [-0.05, 0) is 93.7 Å². The van der Waals surface area contributed by atoms with Crippen LogP contribution in [0.4, 0.5) is 0 Å². The first kappa shape index (κ1) is 16.4.